The number of aromatic hydroxyl groups is 1. The SMILES string of the molecule is COc1cc(O)ccc1C1C2=CCC3C(=O)N(c4ccc([N+](=O)[O-])cc4)C(=O)C3C2CC2C(=O)N(Nc3ccc(F)cc3)C(=O)C21c1ccc(Cl)cc1. The summed E-state index contributed by atoms with van der Waals surface area (Å²) in [7, 11) is 1.42. The van der Waals surface area contributed by atoms with E-state index in [4.69, 9.17) is 16.3 Å². The summed E-state index contributed by atoms with van der Waals surface area (Å²) < 4.78 is 19.6. The average Bonchev–Trinajstić information content (AvgIpc) is 3.53. The fourth-order valence-corrected chi connectivity index (χ4v) is 9.04. The number of imide groups is 2. The third kappa shape index (κ3) is 5.09. The molecule has 8 rings (SSSR count). The lowest BCUT2D eigenvalue weighted by Crippen LogP contribution is -2.53. The molecule has 2 N–H and O–H groups in total. The number of phenols is 1. The van der Waals surface area contributed by atoms with E-state index in [0.29, 0.717) is 21.7 Å². The van der Waals surface area contributed by atoms with Crippen LogP contribution in [0.5, 0.6) is 11.5 Å². The number of methoxy groups -OCH3 is 1. The standard InChI is InChI=1S/C39H30ClFN4O8/c1-53-32-18-26(46)14-15-28(32)34-27-16-17-29-33(37(49)43(35(29)47)24-10-12-25(13-11-24)45(51)52)30(27)19-31-36(48)44(42-23-8-6-22(41)7-9-23)38(50)39(31,34)20-2-4-21(40)5-3-20/h2-16,18,29-31,33-34,42,46H,17,19H2,1H3. The van der Waals surface area contributed by atoms with Gasteiger partial charge in [0.2, 0.25) is 11.8 Å². The van der Waals surface area contributed by atoms with Gasteiger partial charge >= 0.3 is 0 Å². The third-order valence-electron chi connectivity index (χ3n) is 11.1. The number of benzene rings is 4. The zero-order chi connectivity index (χ0) is 37.3. The lowest BCUT2D eigenvalue weighted by Gasteiger charge is -2.50. The van der Waals surface area contributed by atoms with Crippen molar-refractivity contribution in [2.75, 3.05) is 17.4 Å². The van der Waals surface area contributed by atoms with Gasteiger partial charge in [-0.25, -0.2) is 4.39 Å². The van der Waals surface area contributed by atoms with Gasteiger partial charge in [0.1, 0.15) is 17.3 Å². The molecular formula is C39H30ClFN4O8. The van der Waals surface area contributed by atoms with E-state index in [-0.39, 0.29) is 41.4 Å². The molecule has 6 unspecified atom stereocenters. The molecule has 6 atom stereocenters. The number of ether oxygens (including phenoxy) is 1. The van der Waals surface area contributed by atoms with Gasteiger partial charge in [-0.1, -0.05) is 41.4 Å². The van der Waals surface area contributed by atoms with Gasteiger partial charge in [-0.15, -0.1) is 0 Å². The number of non-ortho nitro benzene ring substituents is 1. The van der Waals surface area contributed by atoms with Crippen LogP contribution in [0.2, 0.25) is 5.02 Å². The molecule has 12 nitrogen and oxygen atoms in total. The Labute approximate surface area is 306 Å². The number of hydrogen-bond donors (Lipinski definition) is 2. The number of rotatable bonds is 7. The second kappa shape index (κ2) is 12.6. The van der Waals surface area contributed by atoms with Crippen LogP contribution in [0.4, 0.5) is 21.5 Å². The summed E-state index contributed by atoms with van der Waals surface area (Å²) in [5.41, 5.74) is 3.11. The molecule has 53 heavy (non-hydrogen) atoms. The van der Waals surface area contributed by atoms with Gasteiger partial charge in [0.05, 0.1) is 46.6 Å². The molecule has 268 valence electrons. The lowest BCUT2D eigenvalue weighted by molar-refractivity contribution is -0.384. The summed E-state index contributed by atoms with van der Waals surface area (Å²) in [6, 6.07) is 21.5. The maximum atomic E-state index is 15.3. The fourth-order valence-electron chi connectivity index (χ4n) is 8.92. The minimum atomic E-state index is -1.64. The third-order valence-corrected chi connectivity index (χ3v) is 11.4. The molecule has 2 heterocycles. The van der Waals surface area contributed by atoms with Crippen LogP contribution in [0.25, 0.3) is 0 Å². The number of fused-ring (bicyclic) bond motifs is 4. The molecule has 3 fully saturated rings. The Bertz CT molecular complexity index is 2250. The number of nitro groups is 1. The minimum absolute atomic E-state index is 0.00577. The molecular weight excluding hydrogens is 707 g/mol. The van der Waals surface area contributed by atoms with Crippen molar-refractivity contribution in [2.24, 2.45) is 23.7 Å². The quantitative estimate of drug-likeness (QED) is 0.0962. The van der Waals surface area contributed by atoms with Crippen molar-refractivity contribution in [2.45, 2.75) is 24.2 Å². The fraction of sp³-hybridized carbons (Fsp3) is 0.231. The predicted molar refractivity (Wildman–Crippen MR) is 189 cm³/mol. The van der Waals surface area contributed by atoms with Crippen LogP contribution in [-0.4, -0.2) is 45.8 Å². The number of phenolic OH excluding ortho intramolecular Hbond substituents is 1. The van der Waals surface area contributed by atoms with Gasteiger partial charge in [-0.05, 0) is 78.9 Å². The second-order valence-electron chi connectivity index (χ2n) is 13.6. The van der Waals surface area contributed by atoms with Gasteiger partial charge in [0.15, 0.2) is 0 Å². The number of halogens is 2. The molecule has 2 saturated heterocycles. The Morgan fingerprint density at radius 3 is 2.28 bits per heavy atom. The van der Waals surface area contributed by atoms with Crippen LogP contribution in [0, 0.1) is 39.6 Å². The van der Waals surface area contributed by atoms with E-state index in [1.807, 2.05) is 6.08 Å². The summed E-state index contributed by atoms with van der Waals surface area (Å²) in [6.07, 6.45) is 2.02. The molecule has 2 aliphatic heterocycles. The van der Waals surface area contributed by atoms with Gasteiger partial charge in [0.25, 0.3) is 17.5 Å². The number of allylic oxidation sites excluding steroid dienone is 2. The monoisotopic (exact) mass is 736 g/mol. The molecule has 1 saturated carbocycles. The molecule has 0 radical (unpaired) electrons. The van der Waals surface area contributed by atoms with Crippen LogP contribution >= 0.6 is 11.6 Å². The van der Waals surface area contributed by atoms with Crippen molar-refractivity contribution in [1.29, 1.82) is 0 Å². The molecule has 4 amide bonds. The van der Waals surface area contributed by atoms with Crippen LogP contribution in [0.1, 0.15) is 29.9 Å². The topological polar surface area (TPSA) is 159 Å². The van der Waals surface area contributed by atoms with Crippen LogP contribution < -0.4 is 15.1 Å². The summed E-state index contributed by atoms with van der Waals surface area (Å²) in [6.45, 7) is 0. The average molecular weight is 737 g/mol. The van der Waals surface area contributed by atoms with Crippen molar-refractivity contribution in [3.8, 4) is 11.5 Å². The highest BCUT2D eigenvalue weighted by molar-refractivity contribution is 6.30. The molecule has 14 heteroatoms. The van der Waals surface area contributed by atoms with Crippen molar-refractivity contribution in [3.63, 3.8) is 0 Å². The van der Waals surface area contributed by atoms with E-state index in [9.17, 15) is 34.0 Å². The maximum Gasteiger partial charge on any atom is 0.269 e. The normalized spacial score (nSPS) is 26.2. The first-order chi connectivity index (χ1) is 25.4. The number of amides is 4. The van der Waals surface area contributed by atoms with Crippen molar-refractivity contribution in [1.82, 2.24) is 5.01 Å². The van der Waals surface area contributed by atoms with Crippen molar-refractivity contribution >= 4 is 52.3 Å². The largest absolute Gasteiger partial charge is 0.508 e. The highest BCUT2D eigenvalue weighted by Gasteiger charge is 2.70. The maximum absolute atomic E-state index is 15.3. The highest BCUT2D eigenvalue weighted by atomic mass is 35.5. The number of nitrogens with zero attached hydrogens (tertiary/aromatic N) is 3. The number of hydrazine groups is 1. The van der Waals surface area contributed by atoms with E-state index in [1.54, 1.807) is 30.3 Å². The molecule has 4 aliphatic rings. The molecule has 0 bridgehead atoms. The predicted octanol–water partition coefficient (Wildman–Crippen LogP) is 6.29. The van der Waals surface area contributed by atoms with Crippen LogP contribution in [0.3, 0.4) is 0 Å². The number of hydrogen-bond acceptors (Lipinski definition) is 9. The number of nitro benzene ring substituents is 1. The minimum Gasteiger partial charge on any atom is -0.508 e. The second-order valence-corrected chi connectivity index (χ2v) is 14.0. The summed E-state index contributed by atoms with van der Waals surface area (Å²) in [5, 5.41) is 23.1. The van der Waals surface area contributed by atoms with E-state index in [2.05, 4.69) is 5.43 Å². The van der Waals surface area contributed by atoms with Gasteiger partial charge < -0.3 is 9.84 Å². The lowest BCUT2D eigenvalue weighted by atomic mass is 9.49. The molecule has 4 aromatic rings. The summed E-state index contributed by atoms with van der Waals surface area (Å²) >= 11 is 6.34. The number of nitrogens with one attached hydrogen (secondary N) is 1. The Kier molecular flexibility index (Phi) is 8.06. The Balaban J connectivity index is 1.32. The zero-order valence-corrected chi connectivity index (χ0v) is 28.7. The van der Waals surface area contributed by atoms with Crippen molar-refractivity contribution in [3.05, 3.63) is 135 Å². The van der Waals surface area contributed by atoms with Gasteiger partial charge in [-0.3, -0.25) is 39.6 Å². The van der Waals surface area contributed by atoms with Crippen LogP contribution in [0.15, 0.2) is 103 Å². The first-order valence-electron chi connectivity index (χ1n) is 16.8. The molecule has 4 aromatic carbocycles. The Hall–Kier alpha value is -6.08. The highest BCUT2D eigenvalue weighted by Crippen LogP contribution is 2.65. The van der Waals surface area contributed by atoms with Gasteiger partial charge in [0, 0.05) is 34.7 Å². The van der Waals surface area contributed by atoms with Crippen molar-refractivity contribution < 1.29 is 38.3 Å². The number of anilines is 2. The number of carbonyl (C=O) groups excluding carboxylic acids is 4. The first-order valence-corrected chi connectivity index (χ1v) is 17.2. The van der Waals surface area contributed by atoms with E-state index < -0.39 is 69.4 Å². The zero-order valence-electron chi connectivity index (χ0n) is 27.9. The summed E-state index contributed by atoms with van der Waals surface area (Å²) in [5.74, 6) is -7.02. The van der Waals surface area contributed by atoms with E-state index in [0.717, 1.165) is 9.91 Å². The van der Waals surface area contributed by atoms with E-state index in [1.165, 1.54) is 67.8 Å². The molecule has 0 spiro atoms. The van der Waals surface area contributed by atoms with E-state index >= 15 is 4.79 Å². The molecule has 2 aliphatic carbocycles. The molecule has 0 aromatic heterocycles. The first kappa shape index (κ1) is 34.0. The summed E-state index contributed by atoms with van der Waals surface area (Å²) in [4.78, 5) is 70.3. The van der Waals surface area contributed by atoms with Crippen LogP contribution in [-0.2, 0) is 24.6 Å². The number of carbonyl (C=O) groups is 4. The Morgan fingerprint density at radius 1 is 0.925 bits per heavy atom. The smallest absolute Gasteiger partial charge is 0.269 e. The Morgan fingerprint density at radius 2 is 1.62 bits per heavy atom. The van der Waals surface area contributed by atoms with Gasteiger partial charge in [-0.2, -0.15) is 5.01 Å².